The number of anilines is 1. The van der Waals surface area contributed by atoms with Crippen molar-refractivity contribution in [1.29, 1.82) is 0 Å². The number of carbonyl (C=O) groups is 1. The van der Waals surface area contributed by atoms with Gasteiger partial charge in [0.2, 0.25) is 5.91 Å². The van der Waals surface area contributed by atoms with E-state index in [1.165, 1.54) is 6.07 Å². The number of hydrogen-bond acceptors (Lipinski definition) is 3. The summed E-state index contributed by atoms with van der Waals surface area (Å²) in [5.74, 6) is -0.627. The van der Waals surface area contributed by atoms with E-state index in [-0.39, 0.29) is 17.8 Å². The minimum atomic E-state index is -0.367. The number of nitrogens with zero attached hydrogens (tertiary/aromatic N) is 1. The van der Waals surface area contributed by atoms with Crippen LogP contribution < -0.4 is 16.0 Å². The number of primary amides is 1. The van der Waals surface area contributed by atoms with E-state index >= 15 is 0 Å². The van der Waals surface area contributed by atoms with Crippen LogP contribution in [0.5, 0.6) is 0 Å². The number of amides is 1. The van der Waals surface area contributed by atoms with Gasteiger partial charge in [-0.2, -0.15) is 0 Å². The molecule has 0 aliphatic heterocycles. The van der Waals surface area contributed by atoms with Crippen molar-refractivity contribution in [1.82, 2.24) is 5.32 Å². The van der Waals surface area contributed by atoms with Crippen LogP contribution in [-0.4, -0.2) is 32.1 Å². The van der Waals surface area contributed by atoms with Gasteiger partial charge in [0, 0.05) is 13.6 Å². The normalized spacial score (nSPS) is 12.2. The van der Waals surface area contributed by atoms with Gasteiger partial charge in [0.05, 0.1) is 11.7 Å². The van der Waals surface area contributed by atoms with Gasteiger partial charge in [0.25, 0.3) is 0 Å². The Kier molecular flexibility index (Phi) is 6.29. The first kappa shape index (κ1) is 15.4. The van der Waals surface area contributed by atoms with Gasteiger partial charge < -0.3 is 16.0 Å². The average molecular weight is 267 g/mol. The minimum Gasteiger partial charge on any atom is -0.372 e. The Labute approximate surface area is 113 Å². The highest BCUT2D eigenvalue weighted by atomic mass is 19.1. The predicted octanol–water partition coefficient (Wildman–Crippen LogP) is 1.51. The number of nitrogens with two attached hydrogens (primary N) is 1. The summed E-state index contributed by atoms with van der Waals surface area (Å²) < 4.78 is 13.6. The highest BCUT2D eigenvalue weighted by Gasteiger charge is 2.15. The van der Waals surface area contributed by atoms with Gasteiger partial charge in [-0.3, -0.25) is 4.79 Å². The molecule has 0 saturated carbocycles. The summed E-state index contributed by atoms with van der Waals surface area (Å²) in [6.07, 6.45) is 1.49. The number of halogens is 1. The zero-order valence-electron chi connectivity index (χ0n) is 11.5. The van der Waals surface area contributed by atoms with Crippen molar-refractivity contribution in [3.8, 4) is 0 Å². The zero-order chi connectivity index (χ0) is 14.3. The van der Waals surface area contributed by atoms with Gasteiger partial charge in [0.1, 0.15) is 5.82 Å². The monoisotopic (exact) mass is 267 g/mol. The first-order chi connectivity index (χ1) is 9.06. The lowest BCUT2D eigenvalue weighted by Gasteiger charge is -2.22. The van der Waals surface area contributed by atoms with Crippen molar-refractivity contribution in [2.45, 2.75) is 25.8 Å². The summed E-state index contributed by atoms with van der Waals surface area (Å²) in [4.78, 5) is 13.1. The molecule has 0 radical (unpaired) electrons. The van der Waals surface area contributed by atoms with Gasteiger partial charge in [-0.05, 0) is 31.5 Å². The number of hydrogen-bond donors (Lipinski definition) is 2. The molecule has 19 heavy (non-hydrogen) atoms. The van der Waals surface area contributed by atoms with Gasteiger partial charge in [-0.1, -0.05) is 19.1 Å². The summed E-state index contributed by atoms with van der Waals surface area (Å²) in [6, 6.07) is 6.22. The molecule has 1 amide bonds. The van der Waals surface area contributed by atoms with Crippen molar-refractivity contribution in [2.24, 2.45) is 5.73 Å². The van der Waals surface area contributed by atoms with Gasteiger partial charge >= 0.3 is 0 Å². The van der Waals surface area contributed by atoms with Crippen LogP contribution in [0.1, 0.15) is 19.8 Å². The molecule has 1 aromatic carbocycles. The second-order valence-corrected chi connectivity index (χ2v) is 4.57. The van der Waals surface area contributed by atoms with Crippen LogP contribution in [0.15, 0.2) is 24.3 Å². The molecule has 1 atom stereocenters. The quantitative estimate of drug-likeness (QED) is 0.750. The molecule has 0 spiro atoms. The molecule has 1 rings (SSSR count). The predicted molar refractivity (Wildman–Crippen MR) is 75.6 cm³/mol. The summed E-state index contributed by atoms with van der Waals surface area (Å²) in [5.41, 5.74) is 5.87. The Morgan fingerprint density at radius 3 is 2.74 bits per heavy atom. The van der Waals surface area contributed by atoms with Crippen LogP contribution >= 0.6 is 0 Å². The molecule has 4 nitrogen and oxygen atoms in total. The van der Waals surface area contributed by atoms with E-state index in [0.717, 1.165) is 13.0 Å². The third kappa shape index (κ3) is 4.87. The van der Waals surface area contributed by atoms with Crippen LogP contribution in [0, 0.1) is 5.82 Å². The van der Waals surface area contributed by atoms with E-state index in [9.17, 15) is 9.18 Å². The van der Waals surface area contributed by atoms with Crippen molar-refractivity contribution in [3.63, 3.8) is 0 Å². The highest BCUT2D eigenvalue weighted by molar-refractivity contribution is 5.79. The Balaban J connectivity index is 2.54. The third-order valence-electron chi connectivity index (χ3n) is 3.00. The van der Waals surface area contributed by atoms with E-state index in [4.69, 9.17) is 5.73 Å². The van der Waals surface area contributed by atoms with Gasteiger partial charge in [-0.15, -0.1) is 0 Å². The van der Waals surface area contributed by atoms with Crippen LogP contribution in [0.4, 0.5) is 10.1 Å². The van der Waals surface area contributed by atoms with Crippen molar-refractivity contribution in [2.75, 3.05) is 25.0 Å². The van der Waals surface area contributed by atoms with Gasteiger partial charge in [-0.25, -0.2) is 4.39 Å². The Morgan fingerprint density at radius 1 is 1.47 bits per heavy atom. The minimum absolute atomic E-state index is 0.262. The molecule has 1 aromatic rings. The third-order valence-corrected chi connectivity index (χ3v) is 3.00. The lowest BCUT2D eigenvalue weighted by molar-refractivity contribution is -0.120. The van der Waals surface area contributed by atoms with Crippen LogP contribution in [0.3, 0.4) is 0 Å². The maximum atomic E-state index is 13.6. The number of rotatable bonds is 8. The van der Waals surface area contributed by atoms with Crippen LogP contribution in [0.2, 0.25) is 0 Å². The summed E-state index contributed by atoms with van der Waals surface area (Å²) in [7, 11) is 1.80. The number of carbonyl (C=O) groups excluding carboxylic acids is 1. The average Bonchev–Trinajstić information content (AvgIpc) is 2.38. The maximum Gasteiger partial charge on any atom is 0.234 e. The molecule has 0 aliphatic rings. The number of para-hydroxylation sites is 1. The second kappa shape index (κ2) is 7.74. The number of benzene rings is 1. The zero-order valence-corrected chi connectivity index (χ0v) is 11.5. The first-order valence-corrected chi connectivity index (χ1v) is 6.54. The first-order valence-electron chi connectivity index (χ1n) is 6.54. The molecule has 3 N–H and O–H groups in total. The van der Waals surface area contributed by atoms with Crippen molar-refractivity contribution < 1.29 is 9.18 Å². The number of nitrogens with one attached hydrogen (secondary N) is 1. The Morgan fingerprint density at radius 2 is 2.16 bits per heavy atom. The smallest absolute Gasteiger partial charge is 0.234 e. The van der Waals surface area contributed by atoms with E-state index in [1.807, 2.05) is 6.92 Å². The fraction of sp³-hybridized carbons (Fsp3) is 0.500. The van der Waals surface area contributed by atoms with Crippen LogP contribution in [0.25, 0.3) is 0 Å². The molecular weight excluding hydrogens is 245 g/mol. The fourth-order valence-corrected chi connectivity index (χ4v) is 1.87. The summed E-state index contributed by atoms with van der Waals surface area (Å²) in [6.45, 7) is 3.33. The molecule has 0 saturated heterocycles. The Bertz CT molecular complexity index is 411. The maximum absolute atomic E-state index is 13.6. The molecule has 106 valence electrons. The molecule has 0 aliphatic carbocycles. The van der Waals surface area contributed by atoms with E-state index < -0.39 is 0 Å². The standard InChI is InChI=1S/C14H22FN3O/c1-3-9-17-12(14(16)19)8-10-18(2)13-7-5-4-6-11(13)15/h4-7,12,17H,3,8-10H2,1-2H3,(H2,16,19). The summed E-state index contributed by atoms with van der Waals surface area (Å²) in [5, 5.41) is 3.10. The lowest BCUT2D eigenvalue weighted by atomic mass is 10.1. The van der Waals surface area contributed by atoms with Gasteiger partial charge in [0.15, 0.2) is 0 Å². The highest BCUT2D eigenvalue weighted by Crippen LogP contribution is 2.17. The van der Waals surface area contributed by atoms with E-state index in [1.54, 1.807) is 30.1 Å². The largest absolute Gasteiger partial charge is 0.372 e. The molecule has 0 bridgehead atoms. The summed E-state index contributed by atoms with van der Waals surface area (Å²) >= 11 is 0. The molecule has 5 heteroatoms. The second-order valence-electron chi connectivity index (χ2n) is 4.57. The Hall–Kier alpha value is -1.62. The van der Waals surface area contributed by atoms with Crippen LogP contribution in [-0.2, 0) is 4.79 Å². The fourth-order valence-electron chi connectivity index (χ4n) is 1.87. The van der Waals surface area contributed by atoms with E-state index in [0.29, 0.717) is 18.7 Å². The van der Waals surface area contributed by atoms with E-state index in [2.05, 4.69) is 5.32 Å². The van der Waals surface area contributed by atoms with Crippen molar-refractivity contribution in [3.05, 3.63) is 30.1 Å². The molecule has 0 heterocycles. The lowest BCUT2D eigenvalue weighted by Crippen LogP contribution is -2.43. The topological polar surface area (TPSA) is 58.4 Å². The molecule has 0 aromatic heterocycles. The molecule has 1 unspecified atom stereocenters. The SMILES string of the molecule is CCCNC(CCN(C)c1ccccc1F)C(N)=O. The molecular formula is C14H22FN3O. The molecule has 0 fully saturated rings. The van der Waals surface area contributed by atoms with Crippen molar-refractivity contribution >= 4 is 11.6 Å².